The largest absolute Gasteiger partial charge is 0.463 e. The number of carbonyl (C=O) groups is 2. The minimum atomic E-state index is -1.65. The van der Waals surface area contributed by atoms with Crippen molar-refractivity contribution in [3.05, 3.63) is 51.1 Å². The van der Waals surface area contributed by atoms with Crippen molar-refractivity contribution in [3.8, 4) is 0 Å². The summed E-state index contributed by atoms with van der Waals surface area (Å²) in [5, 5.41) is 11.2. The summed E-state index contributed by atoms with van der Waals surface area (Å²) in [7, 11) is 0. The molecule has 1 aromatic rings. The Kier molecular flexibility index (Phi) is 7.61. The summed E-state index contributed by atoms with van der Waals surface area (Å²) >= 11 is 0. The maximum atomic E-state index is 12.1. The van der Waals surface area contributed by atoms with Crippen LogP contribution < -0.4 is 0 Å². The van der Waals surface area contributed by atoms with E-state index in [2.05, 4.69) is 0 Å². The van der Waals surface area contributed by atoms with Crippen LogP contribution in [0.4, 0.5) is 0 Å². The third kappa shape index (κ3) is 5.83. The van der Waals surface area contributed by atoms with Crippen molar-refractivity contribution in [1.82, 2.24) is 0 Å². The predicted molar refractivity (Wildman–Crippen MR) is 87.8 cm³/mol. The van der Waals surface area contributed by atoms with Gasteiger partial charge in [0.25, 0.3) is 0 Å². The first kappa shape index (κ1) is 19.3. The van der Waals surface area contributed by atoms with Crippen molar-refractivity contribution < 1.29 is 24.0 Å². The van der Waals surface area contributed by atoms with Crippen LogP contribution in [0.1, 0.15) is 31.4 Å². The van der Waals surface area contributed by atoms with Gasteiger partial charge in [-0.05, 0) is 32.4 Å². The lowest BCUT2D eigenvalue weighted by Crippen LogP contribution is -2.33. The van der Waals surface area contributed by atoms with E-state index in [1.807, 2.05) is 19.1 Å². The minimum absolute atomic E-state index is 0.0274. The van der Waals surface area contributed by atoms with Gasteiger partial charge in [-0.15, -0.1) is 0 Å². The molecular weight excluding hydrogens is 314 g/mol. The third-order valence-corrected chi connectivity index (χ3v) is 3.18. The van der Waals surface area contributed by atoms with Crippen molar-refractivity contribution in [2.45, 2.75) is 33.2 Å². The van der Waals surface area contributed by atoms with Crippen LogP contribution in [0.15, 0.2) is 29.8 Å². The number of ether oxygens (including phenoxy) is 2. The van der Waals surface area contributed by atoms with Crippen LogP contribution in [-0.2, 0) is 19.1 Å². The monoisotopic (exact) mass is 335 g/mol. The smallest absolute Gasteiger partial charge is 0.382 e. The van der Waals surface area contributed by atoms with Crippen molar-refractivity contribution in [2.24, 2.45) is 0 Å². The molecule has 0 aliphatic carbocycles. The van der Waals surface area contributed by atoms with E-state index in [0.29, 0.717) is 5.56 Å². The molecule has 0 radical (unpaired) electrons. The van der Waals surface area contributed by atoms with Gasteiger partial charge in [0.05, 0.1) is 19.6 Å². The van der Waals surface area contributed by atoms with E-state index in [-0.39, 0.29) is 18.8 Å². The van der Waals surface area contributed by atoms with Gasteiger partial charge < -0.3 is 9.47 Å². The minimum Gasteiger partial charge on any atom is -0.463 e. The second kappa shape index (κ2) is 9.44. The zero-order valence-corrected chi connectivity index (χ0v) is 14.0. The van der Waals surface area contributed by atoms with Crippen LogP contribution in [0.5, 0.6) is 0 Å². The maximum absolute atomic E-state index is 12.1. The van der Waals surface area contributed by atoms with Gasteiger partial charge in [0.2, 0.25) is 0 Å². The topological polar surface area (TPSA) is 95.7 Å². The molecule has 0 aliphatic heterocycles. The van der Waals surface area contributed by atoms with E-state index in [1.54, 1.807) is 26.0 Å². The fourth-order valence-electron chi connectivity index (χ4n) is 1.98. The van der Waals surface area contributed by atoms with Crippen LogP contribution in [0, 0.1) is 17.0 Å². The molecule has 0 amide bonds. The first-order valence-electron chi connectivity index (χ1n) is 7.63. The summed E-state index contributed by atoms with van der Waals surface area (Å²) in [5.74, 6) is -1.66. The highest BCUT2D eigenvalue weighted by Gasteiger charge is 2.34. The molecular formula is C17H21NO6. The second-order valence-electron chi connectivity index (χ2n) is 5.06. The van der Waals surface area contributed by atoms with Crippen LogP contribution in [-0.4, -0.2) is 36.1 Å². The fourth-order valence-corrected chi connectivity index (χ4v) is 1.98. The molecule has 0 saturated carbocycles. The highest BCUT2D eigenvalue weighted by Crippen LogP contribution is 2.17. The Labute approximate surface area is 140 Å². The molecule has 7 nitrogen and oxygen atoms in total. The summed E-state index contributed by atoms with van der Waals surface area (Å²) in [6.07, 6.45) is 1.10. The van der Waals surface area contributed by atoms with Gasteiger partial charge in [0.1, 0.15) is 0 Å². The lowest BCUT2D eigenvalue weighted by molar-refractivity contribution is -0.509. The SMILES string of the molecule is CCOC(=O)/C(=C\c1ccc(C)cc1)CC(C(=O)OCC)[N+](=O)[O-]. The molecule has 0 N–H and O–H groups in total. The number of nitro groups is 1. The summed E-state index contributed by atoms with van der Waals surface area (Å²) in [5.41, 5.74) is 1.78. The third-order valence-electron chi connectivity index (χ3n) is 3.18. The summed E-state index contributed by atoms with van der Waals surface area (Å²) in [4.78, 5) is 34.2. The molecule has 24 heavy (non-hydrogen) atoms. The van der Waals surface area contributed by atoms with Crippen LogP contribution >= 0.6 is 0 Å². The number of hydrogen-bond acceptors (Lipinski definition) is 6. The maximum Gasteiger partial charge on any atom is 0.382 e. The Morgan fingerprint density at radius 1 is 1.17 bits per heavy atom. The first-order valence-corrected chi connectivity index (χ1v) is 7.63. The van der Waals surface area contributed by atoms with Crippen LogP contribution in [0.3, 0.4) is 0 Å². The molecule has 1 rings (SSSR count). The van der Waals surface area contributed by atoms with Gasteiger partial charge in [-0.25, -0.2) is 9.59 Å². The number of carbonyl (C=O) groups excluding carboxylic acids is 2. The molecule has 0 fully saturated rings. The second-order valence-corrected chi connectivity index (χ2v) is 5.06. The zero-order chi connectivity index (χ0) is 18.1. The van der Waals surface area contributed by atoms with E-state index in [4.69, 9.17) is 9.47 Å². The van der Waals surface area contributed by atoms with E-state index in [1.165, 1.54) is 6.08 Å². The van der Waals surface area contributed by atoms with Crippen molar-refractivity contribution in [3.63, 3.8) is 0 Å². The molecule has 0 spiro atoms. The highest BCUT2D eigenvalue weighted by molar-refractivity contribution is 5.94. The van der Waals surface area contributed by atoms with Gasteiger partial charge in [-0.3, -0.25) is 10.1 Å². The standard InChI is InChI=1S/C17H21NO6/c1-4-23-16(19)14(10-13-8-6-12(3)7-9-13)11-15(18(21)22)17(20)24-5-2/h6-10,15H,4-5,11H2,1-3H3/b14-10-. The molecule has 7 heteroatoms. The van der Waals surface area contributed by atoms with E-state index in [9.17, 15) is 19.7 Å². The van der Waals surface area contributed by atoms with Crippen LogP contribution in [0.2, 0.25) is 0 Å². The lowest BCUT2D eigenvalue weighted by Gasteiger charge is -2.11. The number of esters is 2. The van der Waals surface area contributed by atoms with Gasteiger partial charge >= 0.3 is 18.0 Å². The average molecular weight is 335 g/mol. The van der Waals surface area contributed by atoms with E-state index < -0.39 is 29.3 Å². The lowest BCUT2D eigenvalue weighted by atomic mass is 10.0. The Morgan fingerprint density at radius 3 is 2.25 bits per heavy atom. The van der Waals surface area contributed by atoms with Gasteiger partial charge in [-0.1, -0.05) is 29.8 Å². The Hall–Kier alpha value is -2.70. The molecule has 1 atom stereocenters. The number of hydrogen-bond donors (Lipinski definition) is 0. The van der Waals surface area contributed by atoms with Gasteiger partial charge in [0, 0.05) is 10.5 Å². The molecule has 0 aromatic heterocycles. The predicted octanol–water partition coefficient (Wildman–Crippen LogP) is 2.54. The molecule has 0 saturated heterocycles. The first-order chi connectivity index (χ1) is 11.4. The van der Waals surface area contributed by atoms with Crippen molar-refractivity contribution in [2.75, 3.05) is 13.2 Å². The molecule has 0 aliphatic rings. The van der Waals surface area contributed by atoms with Crippen LogP contribution in [0.25, 0.3) is 6.08 Å². The van der Waals surface area contributed by atoms with E-state index >= 15 is 0 Å². The molecule has 1 aromatic carbocycles. The van der Waals surface area contributed by atoms with Gasteiger partial charge in [-0.2, -0.15) is 0 Å². The highest BCUT2D eigenvalue weighted by atomic mass is 16.6. The van der Waals surface area contributed by atoms with Crippen molar-refractivity contribution >= 4 is 18.0 Å². The summed E-state index contributed by atoms with van der Waals surface area (Å²) in [6, 6.07) is 5.61. The summed E-state index contributed by atoms with van der Waals surface area (Å²) < 4.78 is 9.65. The Balaban J connectivity index is 3.12. The number of aryl methyl sites for hydroxylation is 1. The number of rotatable bonds is 8. The average Bonchev–Trinajstić information content (AvgIpc) is 2.53. The number of benzene rings is 1. The normalized spacial score (nSPS) is 12.4. The van der Waals surface area contributed by atoms with Gasteiger partial charge in [0.15, 0.2) is 0 Å². The molecule has 0 bridgehead atoms. The molecule has 0 heterocycles. The Morgan fingerprint density at radius 2 is 1.75 bits per heavy atom. The summed E-state index contributed by atoms with van der Waals surface area (Å²) in [6.45, 7) is 5.27. The number of nitrogens with zero attached hydrogens (tertiary/aromatic N) is 1. The quantitative estimate of drug-likeness (QED) is 0.313. The fraction of sp³-hybridized carbons (Fsp3) is 0.412. The molecule has 130 valence electrons. The molecule has 1 unspecified atom stereocenters. The van der Waals surface area contributed by atoms with Crippen molar-refractivity contribution in [1.29, 1.82) is 0 Å². The van der Waals surface area contributed by atoms with E-state index in [0.717, 1.165) is 5.56 Å². The zero-order valence-electron chi connectivity index (χ0n) is 14.0. The Bertz CT molecular complexity index is 620.